The van der Waals surface area contributed by atoms with Gasteiger partial charge in [-0.15, -0.1) is 0 Å². The first kappa shape index (κ1) is 18.3. The monoisotopic (exact) mass is 532 g/mol. The van der Waals surface area contributed by atoms with Crippen LogP contribution in [0.3, 0.4) is 0 Å². The minimum atomic E-state index is -0.411. The Morgan fingerprint density at radius 1 is 0.850 bits per heavy atom. The maximum Gasteiger partial charge on any atom is 0.151 e. The Morgan fingerprint density at radius 3 is 1.85 bits per heavy atom. The molecule has 0 radical (unpaired) electrons. The van der Waals surface area contributed by atoms with Gasteiger partial charge in [-0.2, -0.15) is 0 Å². The number of alkyl halides is 1. The first-order valence-corrected chi connectivity index (χ1v) is 8.63. The van der Waals surface area contributed by atoms with Crippen molar-refractivity contribution in [2.75, 3.05) is 0 Å². The molecule has 2 aromatic carbocycles. The van der Waals surface area contributed by atoms with Crippen LogP contribution in [0.1, 0.15) is 11.1 Å². The molecule has 0 aliphatic rings. The Labute approximate surface area is 150 Å². The van der Waals surface area contributed by atoms with Crippen LogP contribution in [0, 0.1) is 12.7 Å². The molecule has 20 heavy (non-hydrogen) atoms. The molecule has 0 heterocycles. The Kier molecular flexibility index (Phi) is 7.87. The molecule has 108 valence electrons. The Bertz CT molecular complexity index is 577. The van der Waals surface area contributed by atoms with Gasteiger partial charge in [0.1, 0.15) is 6.67 Å². The van der Waals surface area contributed by atoms with Gasteiger partial charge in [0.25, 0.3) is 0 Å². The molecule has 0 aromatic heterocycles. The average molecular weight is 536 g/mol. The summed E-state index contributed by atoms with van der Waals surface area (Å²) in [5.41, 5.74) is 1.72. The van der Waals surface area contributed by atoms with Gasteiger partial charge in [-0.25, -0.2) is 8.78 Å². The van der Waals surface area contributed by atoms with Crippen LogP contribution < -0.4 is 0 Å². The molecule has 0 atom stereocenters. The highest BCUT2D eigenvalue weighted by molar-refractivity contribution is 9.13. The molecule has 0 aliphatic heterocycles. The van der Waals surface area contributed by atoms with Gasteiger partial charge < -0.3 is 0 Å². The molecule has 0 bridgehead atoms. The molecule has 0 saturated heterocycles. The molecule has 2 rings (SSSR count). The van der Waals surface area contributed by atoms with Crippen molar-refractivity contribution >= 4 is 63.7 Å². The van der Waals surface area contributed by atoms with E-state index in [9.17, 15) is 8.78 Å². The standard InChI is InChI=1S/2C7H5Br2F/c1-4-2-5(8)7(10)6(9)3-4;8-6-2-1-5(4-10)3-7(6)9/h2-3H,1H3;1-3H,4H2. The van der Waals surface area contributed by atoms with Gasteiger partial charge in [0.2, 0.25) is 0 Å². The van der Waals surface area contributed by atoms with E-state index in [1.807, 2.05) is 13.0 Å². The highest BCUT2D eigenvalue weighted by Crippen LogP contribution is 2.25. The molecular formula is C14H10Br4F2. The van der Waals surface area contributed by atoms with Gasteiger partial charge >= 0.3 is 0 Å². The van der Waals surface area contributed by atoms with Gasteiger partial charge in [0, 0.05) is 8.95 Å². The van der Waals surface area contributed by atoms with E-state index in [2.05, 4.69) is 63.7 Å². The van der Waals surface area contributed by atoms with Crippen molar-refractivity contribution in [1.82, 2.24) is 0 Å². The number of hydrogen-bond donors (Lipinski definition) is 0. The van der Waals surface area contributed by atoms with E-state index in [1.165, 1.54) is 0 Å². The van der Waals surface area contributed by atoms with E-state index in [0.29, 0.717) is 14.5 Å². The molecule has 0 N–H and O–H groups in total. The van der Waals surface area contributed by atoms with Crippen LogP contribution in [0.2, 0.25) is 0 Å². The average Bonchev–Trinajstić information content (AvgIpc) is 2.40. The number of benzene rings is 2. The molecule has 0 aliphatic carbocycles. The van der Waals surface area contributed by atoms with Crippen molar-refractivity contribution in [3.63, 3.8) is 0 Å². The summed E-state index contributed by atoms with van der Waals surface area (Å²) >= 11 is 12.7. The molecule has 0 amide bonds. The lowest BCUT2D eigenvalue weighted by molar-refractivity contribution is 0.485. The fraction of sp³-hybridized carbons (Fsp3) is 0.143. The fourth-order valence-electron chi connectivity index (χ4n) is 1.30. The quantitative estimate of drug-likeness (QED) is 0.335. The van der Waals surface area contributed by atoms with Crippen molar-refractivity contribution in [3.8, 4) is 0 Å². The van der Waals surface area contributed by atoms with Gasteiger partial charge in [0.15, 0.2) is 5.82 Å². The Morgan fingerprint density at radius 2 is 1.40 bits per heavy atom. The van der Waals surface area contributed by atoms with Crippen LogP contribution in [0.5, 0.6) is 0 Å². The molecule has 0 nitrogen and oxygen atoms in total. The van der Waals surface area contributed by atoms with Crippen molar-refractivity contribution < 1.29 is 8.78 Å². The molecule has 0 fully saturated rings. The second-order valence-electron chi connectivity index (χ2n) is 3.92. The highest BCUT2D eigenvalue weighted by atomic mass is 79.9. The van der Waals surface area contributed by atoms with Crippen LogP contribution in [-0.4, -0.2) is 0 Å². The van der Waals surface area contributed by atoms with Crippen LogP contribution in [-0.2, 0) is 6.67 Å². The highest BCUT2D eigenvalue weighted by Gasteiger charge is 2.03. The topological polar surface area (TPSA) is 0 Å². The Hall–Kier alpha value is 0.220. The zero-order chi connectivity index (χ0) is 15.3. The molecule has 2 aromatic rings. The number of halogens is 6. The maximum atomic E-state index is 12.8. The molecular weight excluding hydrogens is 526 g/mol. The van der Waals surface area contributed by atoms with E-state index in [1.54, 1.807) is 24.3 Å². The maximum absolute atomic E-state index is 12.8. The van der Waals surface area contributed by atoms with Crippen molar-refractivity contribution in [2.45, 2.75) is 13.6 Å². The van der Waals surface area contributed by atoms with Crippen molar-refractivity contribution in [1.29, 1.82) is 0 Å². The summed E-state index contributed by atoms with van der Waals surface area (Å²) in [5, 5.41) is 0. The first-order chi connectivity index (χ1) is 9.35. The lowest BCUT2D eigenvalue weighted by atomic mass is 10.2. The van der Waals surface area contributed by atoms with Crippen LogP contribution >= 0.6 is 63.7 Å². The third kappa shape index (κ3) is 5.54. The van der Waals surface area contributed by atoms with E-state index in [0.717, 1.165) is 14.5 Å². The minimum Gasteiger partial charge on any atom is -0.246 e. The van der Waals surface area contributed by atoms with Crippen molar-refractivity contribution in [2.24, 2.45) is 0 Å². The second-order valence-corrected chi connectivity index (χ2v) is 7.34. The summed E-state index contributed by atoms with van der Waals surface area (Å²) in [4.78, 5) is 0. The summed E-state index contributed by atoms with van der Waals surface area (Å²) in [7, 11) is 0. The lowest BCUT2D eigenvalue weighted by Gasteiger charge is -1.98. The van der Waals surface area contributed by atoms with Crippen LogP contribution in [0.25, 0.3) is 0 Å². The molecule has 6 heteroatoms. The number of aryl methyl sites for hydroxylation is 1. The summed E-state index contributed by atoms with van der Waals surface area (Å²) in [6.07, 6.45) is 0. The summed E-state index contributed by atoms with van der Waals surface area (Å²) in [5.74, 6) is -0.245. The third-order valence-corrected chi connectivity index (χ3v) is 5.30. The summed E-state index contributed by atoms with van der Waals surface area (Å²) in [6.45, 7) is 1.50. The van der Waals surface area contributed by atoms with Crippen LogP contribution in [0.15, 0.2) is 48.2 Å². The zero-order valence-electron chi connectivity index (χ0n) is 10.4. The fourth-order valence-corrected chi connectivity index (χ4v) is 3.39. The predicted octanol–water partition coefficient (Wildman–Crippen LogP) is 7.34. The van der Waals surface area contributed by atoms with Gasteiger partial charge in [-0.05, 0) is 106 Å². The van der Waals surface area contributed by atoms with Crippen LogP contribution in [0.4, 0.5) is 8.78 Å². The van der Waals surface area contributed by atoms with Gasteiger partial charge in [-0.1, -0.05) is 6.07 Å². The van der Waals surface area contributed by atoms with E-state index >= 15 is 0 Å². The molecule has 0 spiro atoms. The van der Waals surface area contributed by atoms with E-state index < -0.39 is 6.67 Å². The predicted molar refractivity (Wildman–Crippen MR) is 93.2 cm³/mol. The summed E-state index contributed by atoms with van der Waals surface area (Å²) in [6, 6.07) is 8.79. The third-order valence-electron chi connectivity index (χ3n) is 2.27. The molecule has 0 saturated carbocycles. The Balaban J connectivity index is 0.000000200. The first-order valence-electron chi connectivity index (χ1n) is 5.46. The number of hydrogen-bond acceptors (Lipinski definition) is 0. The van der Waals surface area contributed by atoms with Gasteiger partial charge in [0.05, 0.1) is 8.95 Å². The smallest absolute Gasteiger partial charge is 0.151 e. The zero-order valence-corrected chi connectivity index (χ0v) is 16.7. The van der Waals surface area contributed by atoms with E-state index in [4.69, 9.17) is 0 Å². The van der Waals surface area contributed by atoms with Crippen molar-refractivity contribution in [3.05, 3.63) is 65.2 Å². The second kappa shape index (κ2) is 8.61. The largest absolute Gasteiger partial charge is 0.246 e. The van der Waals surface area contributed by atoms with E-state index in [-0.39, 0.29) is 5.82 Å². The minimum absolute atomic E-state index is 0.245. The number of rotatable bonds is 1. The normalized spacial score (nSPS) is 9.95. The lowest BCUT2D eigenvalue weighted by Crippen LogP contribution is -1.81. The SMILES string of the molecule is Cc1cc(Br)c(F)c(Br)c1.FCc1ccc(Br)c(Br)c1. The summed E-state index contributed by atoms with van der Waals surface area (Å²) < 4.78 is 27.7. The van der Waals surface area contributed by atoms with Gasteiger partial charge in [-0.3, -0.25) is 0 Å². The molecule has 0 unspecified atom stereocenters.